The van der Waals surface area contributed by atoms with Gasteiger partial charge in [-0.15, -0.1) is 0 Å². The minimum Gasteiger partial charge on any atom is -0.361 e. The molecule has 10 heteroatoms. The predicted octanol–water partition coefficient (Wildman–Crippen LogP) is 1.42. The molecule has 1 aromatic heterocycles. The number of nitrogens with zero attached hydrogens (tertiary/aromatic N) is 1. The summed E-state index contributed by atoms with van der Waals surface area (Å²) in [4.78, 5) is 25.1. The maximum absolute atomic E-state index is 13.1. The first-order chi connectivity index (χ1) is 10.8. The zero-order valence-corrected chi connectivity index (χ0v) is 14.3. The lowest BCUT2D eigenvalue weighted by molar-refractivity contribution is 0.0370. The van der Waals surface area contributed by atoms with E-state index in [1.807, 2.05) is 0 Å². The van der Waals surface area contributed by atoms with Crippen molar-refractivity contribution in [2.75, 3.05) is 26.2 Å². The topological polar surface area (TPSA) is 99.6 Å². The quantitative estimate of drug-likeness (QED) is 0.640. The minimum atomic E-state index is -3.45. The normalized spacial score (nSPS) is 13.2. The number of hydrogen-bond donors (Lipinski definition) is 1. The van der Waals surface area contributed by atoms with Crippen LogP contribution >= 0.6 is 7.60 Å². The molecule has 0 saturated carbocycles. The summed E-state index contributed by atoms with van der Waals surface area (Å²) in [5.41, 5.74) is -0.849. The third kappa shape index (κ3) is 6.02. The molecule has 132 valence electrons. The van der Waals surface area contributed by atoms with E-state index in [1.54, 1.807) is 13.8 Å². The first-order valence-electron chi connectivity index (χ1n) is 7.21. The van der Waals surface area contributed by atoms with Crippen molar-refractivity contribution in [3.8, 4) is 0 Å². The molecule has 1 rings (SSSR count). The third-order valence-electron chi connectivity index (χ3n) is 2.88. The maximum Gasteiger partial charge on any atom is 0.356 e. The molecule has 1 aromatic rings. The van der Waals surface area contributed by atoms with Crippen molar-refractivity contribution in [3.63, 3.8) is 0 Å². The summed E-state index contributed by atoms with van der Waals surface area (Å²) in [5, 5.41) is 0. The van der Waals surface area contributed by atoms with Crippen LogP contribution in [0.2, 0.25) is 0 Å². The van der Waals surface area contributed by atoms with E-state index in [1.165, 1.54) is 13.1 Å². The van der Waals surface area contributed by atoms with Crippen molar-refractivity contribution < 1.29 is 22.7 Å². The molecule has 0 aliphatic heterocycles. The fourth-order valence-electron chi connectivity index (χ4n) is 1.82. The zero-order chi connectivity index (χ0) is 17.5. The molecule has 0 fully saturated rings. The number of nitrogens with one attached hydrogen (secondary N) is 1. The Labute approximate surface area is 133 Å². The van der Waals surface area contributed by atoms with Gasteiger partial charge in [-0.05, 0) is 20.8 Å². The molecular weight excluding hydrogens is 330 g/mol. The Kier molecular flexibility index (Phi) is 7.84. The van der Waals surface area contributed by atoms with Gasteiger partial charge in [-0.1, -0.05) is 0 Å². The van der Waals surface area contributed by atoms with Gasteiger partial charge in [0.05, 0.1) is 19.8 Å². The van der Waals surface area contributed by atoms with Crippen LogP contribution in [0.5, 0.6) is 0 Å². The van der Waals surface area contributed by atoms with Gasteiger partial charge in [0.2, 0.25) is 0 Å². The van der Waals surface area contributed by atoms with Crippen LogP contribution in [-0.2, 0) is 24.9 Å². The Balaban J connectivity index is 2.78. The Morgan fingerprint density at radius 2 is 1.91 bits per heavy atom. The fraction of sp³-hybridized carbons (Fsp3) is 0.692. The van der Waals surface area contributed by atoms with Crippen LogP contribution < -0.4 is 11.2 Å². The molecule has 1 unspecified atom stereocenters. The van der Waals surface area contributed by atoms with Gasteiger partial charge >= 0.3 is 13.3 Å². The van der Waals surface area contributed by atoms with E-state index < -0.39 is 38.0 Å². The average Bonchev–Trinajstić information content (AvgIpc) is 2.49. The second-order valence-corrected chi connectivity index (χ2v) is 6.74. The Morgan fingerprint density at radius 1 is 1.30 bits per heavy atom. The molecule has 0 aliphatic rings. The molecule has 0 aromatic carbocycles. The van der Waals surface area contributed by atoms with Crippen LogP contribution in [0.25, 0.3) is 0 Å². The monoisotopic (exact) mass is 352 g/mol. The van der Waals surface area contributed by atoms with E-state index >= 15 is 0 Å². The SMILES string of the molecule is CCOP(=O)(COC(CF)Cn1cc(C)c(=O)[nH]c1=O)OCC. The van der Waals surface area contributed by atoms with Crippen molar-refractivity contribution in [2.45, 2.75) is 33.4 Å². The number of alkyl halides is 1. The van der Waals surface area contributed by atoms with Crippen molar-refractivity contribution in [3.05, 3.63) is 32.6 Å². The van der Waals surface area contributed by atoms with Crippen LogP contribution in [-0.4, -0.2) is 41.9 Å². The second kappa shape index (κ2) is 9.12. The van der Waals surface area contributed by atoms with Gasteiger partial charge in [0.1, 0.15) is 19.1 Å². The minimum absolute atomic E-state index is 0.134. The molecule has 0 bridgehead atoms. The number of rotatable bonds is 10. The van der Waals surface area contributed by atoms with Crippen molar-refractivity contribution in [1.82, 2.24) is 9.55 Å². The average molecular weight is 352 g/mol. The predicted molar refractivity (Wildman–Crippen MR) is 82.6 cm³/mol. The number of aromatic nitrogens is 2. The highest BCUT2D eigenvalue weighted by Crippen LogP contribution is 2.48. The lowest BCUT2D eigenvalue weighted by Crippen LogP contribution is -2.35. The van der Waals surface area contributed by atoms with E-state index in [0.717, 1.165) is 4.57 Å². The van der Waals surface area contributed by atoms with E-state index in [2.05, 4.69) is 4.98 Å². The van der Waals surface area contributed by atoms with Gasteiger partial charge in [0.15, 0.2) is 0 Å². The number of ether oxygens (including phenoxy) is 1. The summed E-state index contributed by atoms with van der Waals surface area (Å²) in [6.45, 7) is 4.13. The molecule has 0 amide bonds. The first kappa shape index (κ1) is 19.8. The van der Waals surface area contributed by atoms with Crippen LogP contribution in [0.15, 0.2) is 15.8 Å². The number of aryl methyl sites for hydroxylation is 1. The van der Waals surface area contributed by atoms with E-state index in [0.29, 0.717) is 5.56 Å². The van der Waals surface area contributed by atoms with Crippen LogP contribution in [0.4, 0.5) is 4.39 Å². The first-order valence-corrected chi connectivity index (χ1v) is 8.94. The third-order valence-corrected chi connectivity index (χ3v) is 4.65. The largest absolute Gasteiger partial charge is 0.361 e. The highest BCUT2D eigenvalue weighted by atomic mass is 31.2. The Morgan fingerprint density at radius 3 is 2.43 bits per heavy atom. The van der Waals surface area contributed by atoms with Gasteiger partial charge < -0.3 is 13.8 Å². The van der Waals surface area contributed by atoms with Gasteiger partial charge in [0.25, 0.3) is 5.56 Å². The van der Waals surface area contributed by atoms with Gasteiger partial charge in [0, 0.05) is 11.8 Å². The highest BCUT2D eigenvalue weighted by Gasteiger charge is 2.26. The summed E-state index contributed by atoms with van der Waals surface area (Å²) >= 11 is 0. The van der Waals surface area contributed by atoms with Crippen molar-refractivity contribution in [1.29, 1.82) is 0 Å². The molecule has 0 spiro atoms. The smallest absolute Gasteiger partial charge is 0.356 e. The van der Waals surface area contributed by atoms with E-state index in [9.17, 15) is 18.5 Å². The molecule has 1 atom stereocenters. The molecule has 0 saturated heterocycles. The second-order valence-electron chi connectivity index (χ2n) is 4.74. The fourth-order valence-corrected chi connectivity index (χ4v) is 3.23. The van der Waals surface area contributed by atoms with Crippen LogP contribution in [0, 0.1) is 6.92 Å². The maximum atomic E-state index is 13.1. The number of hydrogen-bond acceptors (Lipinski definition) is 6. The standard InChI is InChI=1S/C13H22FN2O6P/c1-4-21-23(19,22-5-2)9-20-11(6-14)8-16-7-10(3)12(17)15-13(16)18/h7,11H,4-6,8-9H2,1-3H3,(H,15,17,18). The van der Waals surface area contributed by atoms with Crippen LogP contribution in [0.1, 0.15) is 19.4 Å². The molecule has 8 nitrogen and oxygen atoms in total. The summed E-state index contributed by atoms with van der Waals surface area (Å²) in [7, 11) is -3.45. The van der Waals surface area contributed by atoms with Gasteiger partial charge in [-0.25, -0.2) is 9.18 Å². The van der Waals surface area contributed by atoms with E-state index in [-0.39, 0.29) is 19.8 Å². The molecule has 1 heterocycles. The lowest BCUT2D eigenvalue weighted by Gasteiger charge is -2.21. The Hall–Kier alpha value is -1.28. The van der Waals surface area contributed by atoms with Gasteiger partial charge in [-0.2, -0.15) is 0 Å². The lowest BCUT2D eigenvalue weighted by atomic mass is 10.3. The summed E-state index contributed by atoms with van der Waals surface area (Å²) in [6.07, 6.45) is -0.120. The summed E-state index contributed by atoms with van der Waals surface area (Å²) < 4.78 is 41.8. The number of aromatic amines is 1. The molecule has 23 heavy (non-hydrogen) atoms. The zero-order valence-electron chi connectivity index (χ0n) is 13.4. The van der Waals surface area contributed by atoms with Gasteiger partial charge in [-0.3, -0.25) is 18.9 Å². The highest BCUT2D eigenvalue weighted by molar-refractivity contribution is 7.53. The summed E-state index contributed by atoms with van der Waals surface area (Å²) in [5.74, 6) is 0. The van der Waals surface area contributed by atoms with Crippen LogP contribution in [0.3, 0.4) is 0 Å². The molecule has 1 N–H and O–H groups in total. The molecule has 0 radical (unpaired) electrons. The van der Waals surface area contributed by atoms with Crippen molar-refractivity contribution in [2.24, 2.45) is 0 Å². The van der Waals surface area contributed by atoms with E-state index in [4.69, 9.17) is 13.8 Å². The molecular formula is C13H22FN2O6P. The number of H-pyrrole nitrogens is 1. The molecule has 0 aliphatic carbocycles. The Bertz CT molecular complexity index is 649. The number of halogens is 1. The van der Waals surface area contributed by atoms with Crippen molar-refractivity contribution >= 4 is 7.60 Å². The summed E-state index contributed by atoms with van der Waals surface area (Å²) in [6, 6.07) is 0.